The predicted octanol–water partition coefficient (Wildman–Crippen LogP) is 4.00. The second-order valence-electron chi connectivity index (χ2n) is 5.07. The summed E-state index contributed by atoms with van der Waals surface area (Å²) in [6.07, 6.45) is 0. The summed E-state index contributed by atoms with van der Waals surface area (Å²) in [5, 5.41) is 4.79. The van der Waals surface area contributed by atoms with Crippen LogP contribution in [0.5, 0.6) is 5.75 Å². The Morgan fingerprint density at radius 3 is 2.32 bits per heavy atom. The molecule has 1 N–H and O–H groups in total. The summed E-state index contributed by atoms with van der Waals surface area (Å²) in [7, 11) is -2.19. The van der Waals surface area contributed by atoms with E-state index in [1.807, 2.05) is 18.2 Å². The minimum Gasteiger partial charge on any atom is -0.497 e. The molecule has 3 rings (SSSR count). The number of nitrogens with zero attached hydrogens (tertiary/aromatic N) is 1. The van der Waals surface area contributed by atoms with Gasteiger partial charge in [-0.1, -0.05) is 36.4 Å². The lowest BCUT2D eigenvalue weighted by Crippen LogP contribution is -2.16. The summed E-state index contributed by atoms with van der Waals surface area (Å²) in [6, 6.07) is 19.5. The largest absolute Gasteiger partial charge is 0.497 e. The van der Waals surface area contributed by atoms with Crippen molar-refractivity contribution in [2.45, 2.75) is 4.21 Å². The number of hydrogen-bond acceptors (Lipinski definition) is 4. The van der Waals surface area contributed by atoms with Crippen LogP contribution in [0.25, 0.3) is 0 Å². The van der Waals surface area contributed by atoms with Gasteiger partial charge in [-0.15, -0.1) is 15.7 Å². The molecule has 0 aliphatic carbocycles. The van der Waals surface area contributed by atoms with Crippen molar-refractivity contribution in [3.05, 3.63) is 77.7 Å². The van der Waals surface area contributed by atoms with Crippen molar-refractivity contribution < 1.29 is 13.2 Å². The highest BCUT2D eigenvalue weighted by Gasteiger charge is 2.16. The first kappa shape index (κ1) is 17.2. The first-order chi connectivity index (χ1) is 12.1. The van der Waals surface area contributed by atoms with Crippen LogP contribution < -0.4 is 10.1 Å². The summed E-state index contributed by atoms with van der Waals surface area (Å²) in [6.45, 7) is 0. The van der Waals surface area contributed by atoms with E-state index in [-0.39, 0.29) is 10.0 Å². The summed E-state index contributed by atoms with van der Waals surface area (Å²) >= 11 is 1.14. The molecule has 0 fully saturated rings. The number of ether oxygens (including phenoxy) is 1. The van der Waals surface area contributed by atoms with Gasteiger partial charge in [0.1, 0.15) is 9.96 Å². The molecule has 1 heterocycles. The molecule has 0 atom stereocenters. The van der Waals surface area contributed by atoms with Crippen LogP contribution in [-0.2, 0) is 10.0 Å². The van der Waals surface area contributed by atoms with Crippen LogP contribution in [0.15, 0.2) is 80.7 Å². The van der Waals surface area contributed by atoms with Crippen molar-refractivity contribution in [1.29, 1.82) is 0 Å². The highest BCUT2D eigenvalue weighted by molar-refractivity contribution is 7.92. The molecule has 1 aromatic heterocycles. The van der Waals surface area contributed by atoms with E-state index >= 15 is 0 Å². The maximum Gasteiger partial charge on any atom is 0.293 e. The van der Waals surface area contributed by atoms with Crippen LogP contribution in [0, 0.1) is 0 Å². The Kier molecular flexibility index (Phi) is 5.16. The molecule has 0 bridgehead atoms. The molecular weight excluding hydrogens is 356 g/mol. The molecule has 7 heteroatoms. The quantitative estimate of drug-likeness (QED) is 0.543. The number of anilines is 1. The van der Waals surface area contributed by atoms with E-state index in [4.69, 9.17) is 4.74 Å². The minimum absolute atomic E-state index is 0.206. The zero-order chi connectivity index (χ0) is 17.7. The van der Waals surface area contributed by atoms with Gasteiger partial charge >= 0.3 is 0 Å². The highest BCUT2D eigenvalue weighted by atomic mass is 32.2. The van der Waals surface area contributed by atoms with Gasteiger partial charge < -0.3 is 10.1 Å². The van der Waals surface area contributed by atoms with E-state index in [1.54, 1.807) is 61.0 Å². The second-order valence-corrected chi connectivity index (χ2v) is 7.85. The van der Waals surface area contributed by atoms with Crippen LogP contribution in [0.3, 0.4) is 0 Å². The normalized spacial score (nSPS) is 12.0. The van der Waals surface area contributed by atoms with E-state index in [2.05, 4.69) is 9.71 Å². The molecule has 5 nitrogen and oxygen atoms in total. The number of nitrogens with one attached hydrogen (secondary N) is 1. The molecule has 25 heavy (non-hydrogen) atoms. The van der Waals surface area contributed by atoms with Crippen LogP contribution in [-0.4, -0.2) is 21.4 Å². The average Bonchev–Trinajstić information content (AvgIpc) is 3.18. The fraction of sp³-hybridized carbons (Fsp3) is 0.0556. The fourth-order valence-corrected chi connectivity index (χ4v) is 4.08. The van der Waals surface area contributed by atoms with E-state index < -0.39 is 10.0 Å². The Balaban J connectivity index is 1.99. The fourth-order valence-electron chi connectivity index (χ4n) is 2.13. The van der Waals surface area contributed by atoms with Crippen LogP contribution in [0.4, 0.5) is 5.69 Å². The van der Waals surface area contributed by atoms with Crippen LogP contribution >= 0.6 is 11.3 Å². The topological polar surface area (TPSA) is 67.8 Å². The Morgan fingerprint density at radius 1 is 1.00 bits per heavy atom. The SMILES string of the molecule is COc1ccc(N/C(=N/S(=O)(=O)c2cccs2)c2ccccc2)cc1. The number of hydrogen-bond donors (Lipinski definition) is 1. The first-order valence-corrected chi connectivity index (χ1v) is 9.75. The molecular formula is C18H16N2O3S2. The minimum atomic E-state index is -3.78. The Labute approximate surface area is 150 Å². The van der Waals surface area contributed by atoms with E-state index in [9.17, 15) is 8.42 Å². The van der Waals surface area contributed by atoms with Crippen molar-refractivity contribution in [2.24, 2.45) is 4.40 Å². The molecule has 3 aromatic rings. The van der Waals surface area contributed by atoms with Crippen molar-refractivity contribution >= 4 is 32.9 Å². The lowest BCUT2D eigenvalue weighted by molar-refractivity contribution is 0.415. The van der Waals surface area contributed by atoms with Crippen molar-refractivity contribution in [3.8, 4) is 5.75 Å². The molecule has 0 saturated carbocycles. The molecule has 0 spiro atoms. The monoisotopic (exact) mass is 372 g/mol. The Hall–Kier alpha value is -2.64. The zero-order valence-corrected chi connectivity index (χ0v) is 15.0. The average molecular weight is 372 g/mol. The summed E-state index contributed by atoms with van der Waals surface area (Å²) in [4.78, 5) is 0. The summed E-state index contributed by atoms with van der Waals surface area (Å²) in [5.74, 6) is 0.981. The van der Waals surface area contributed by atoms with Crippen LogP contribution in [0.1, 0.15) is 5.56 Å². The van der Waals surface area contributed by atoms with Gasteiger partial charge in [0.25, 0.3) is 10.0 Å². The van der Waals surface area contributed by atoms with Gasteiger partial charge in [-0.25, -0.2) is 0 Å². The van der Waals surface area contributed by atoms with Gasteiger partial charge in [-0.05, 0) is 35.7 Å². The number of rotatable bonds is 5. The third kappa shape index (κ3) is 4.26. The van der Waals surface area contributed by atoms with Gasteiger partial charge in [0.15, 0.2) is 5.84 Å². The second kappa shape index (κ2) is 7.50. The number of thiophene rings is 1. The molecule has 0 amide bonds. The number of methoxy groups -OCH3 is 1. The number of sulfonamides is 1. The van der Waals surface area contributed by atoms with E-state index in [0.29, 0.717) is 11.3 Å². The highest BCUT2D eigenvalue weighted by Crippen LogP contribution is 2.21. The zero-order valence-electron chi connectivity index (χ0n) is 13.4. The molecule has 0 radical (unpaired) electrons. The molecule has 128 valence electrons. The molecule has 0 aliphatic rings. The summed E-state index contributed by atoms with van der Waals surface area (Å²) < 4.78 is 34.4. The number of amidine groups is 1. The smallest absolute Gasteiger partial charge is 0.293 e. The lowest BCUT2D eigenvalue weighted by Gasteiger charge is -2.11. The molecule has 0 aliphatic heterocycles. The molecule has 0 saturated heterocycles. The lowest BCUT2D eigenvalue weighted by atomic mass is 10.2. The third-order valence-electron chi connectivity index (χ3n) is 3.36. The van der Waals surface area contributed by atoms with Crippen LogP contribution in [0.2, 0.25) is 0 Å². The maximum absolute atomic E-state index is 12.5. The van der Waals surface area contributed by atoms with E-state index in [1.165, 1.54) is 0 Å². The summed E-state index contributed by atoms with van der Waals surface area (Å²) in [5.41, 5.74) is 1.39. The molecule has 2 aromatic carbocycles. The van der Waals surface area contributed by atoms with Gasteiger partial charge in [0, 0.05) is 11.3 Å². The van der Waals surface area contributed by atoms with Gasteiger partial charge in [-0.2, -0.15) is 8.42 Å². The van der Waals surface area contributed by atoms with Crippen molar-refractivity contribution in [2.75, 3.05) is 12.4 Å². The Morgan fingerprint density at radius 2 is 1.72 bits per heavy atom. The standard InChI is InChI=1S/C18H16N2O3S2/c1-23-16-11-9-15(10-12-16)19-18(14-6-3-2-4-7-14)20-25(21,22)17-8-5-13-24-17/h2-13H,1H3,(H,19,20). The van der Waals surface area contributed by atoms with Gasteiger partial charge in [0.05, 0.1) is 7.11 Å². The van der Waals surface area contributed by atoms with Gasteiger partial charge in [-0.3, -0.25) is 0 Å². The van der Waals surface area contributed by atoms with Gasteiger partial charge in [0.2, 0.25) is 0 Å². The van der Waals surface area contributed by atoms with Crippen molar-refractivity contribution in [1.82, 2.24) is 0 Å². The first-order valence-electron chi connectivity index (χ1n) is 7.43. The third-order valence-corrected chi connectivity index (χ3v) is 6.01. The molecule has 0 unspecified atom stereocenters. The van der Waals surface area contributed by atoms with Crippen molar-refractivity contribution in [3.63, 3.8) is 0 Å². The number of benzene rings is 2. The predicted molar refractivity (Wildman–Crippen MR) is 101 cm³/mol. The van der Waals surface area contributed by atoms with E-state index in [0.717, 1.165) is 17.1 Å². The maximum atomic E-state index is 12.5. The Bertz CT molecular complexity index is 949.